The molecule has 0 spiro atoms. The summed E-state index contributed by atoms with van der Waals surface area (Å²) in [5, 5.41) is 0.558. The highest BCUT2D eigenvalue weighted by Gasteiger charge is 2.14. The molecule has 1 aromatic heterocycles. The van der Waals surface area contributed by atoms with Crippen LogP contribution in [0.5, 0.6) is 0 Å². The number of esters is 1. The van der Waals surface area contributed by atoms with Gasteiger partial charge >= 0.3 is 5.97 Å². The zero-order chi connectivity index (χ0) is 14.7. The van der Waals surface area contributed by atoms with Gasteiger partial charge in [0.1, 0.15) is 0 Å². The molecule has 2 aromatic rings. The van der Waals surface area contributed by atoms with Crippen LogP contribution in [0, 0.1) is 3.57 Å². The summed E-state index contributed by atoms with van der Waals surface area (Å²) in [5.41, 5.74) is 0.543. The summed E-state index contributed by atoms with van der Waals surface area (Å²) in [6, 6.07) is 8.69. The maximum Gasteiger partial charge on any atom is 0.310 e. The predicted molar refractivity (Wildman–Crippen MR) is 87.6 cm³/mol. The van der Waals surface area contributed by atoms with Gasteiger partial charge in [-0.25, -0.2) is 0 Å². The van der Waals surface area contributed by atoms with E-state index < -0.39 is 0 Å². The molecule has 0 aliphatic rings. The molecule has 0 saturated carbocycles. The standard InChI is InChI=1S/C14H10ClIO3S/c1-19-13(17)7-9-3-5-12(20-9)14(18)8-2-4-11(16)10(15)6-8/h2-6H,7H2,1H3. The first kappa shape index (κ1) is 15.5. The average Bonchev–Trinajstić information content (AvgIpc) is 2.89. The summed E-state index contributed by atoms with van der Waals surface area (Å²) in [6.07, 6.45) is 0.182. The van der Waals surface area contributed by atoms with Crippen LogP contribution in [-0.4, -0.2) is 18.9 Å². The molecule has 1 heterocycles. The molecule has 20 heavy (non-hydrogen) atoms. The summed E-state index contributed by atoms with van der Waals surface area (Å²) >= 11 is 9.42. The Morgan fingerprint density at radius 3 is 2.70 bits per heavy atom. The Morgan fingerprint density at radius 1 is 1.30 bits per heavy atom. The van der Waals surface area contributed by atoms with Crippen LogP contribution in [0.2, 0.25) is 5.02 Å². The molecule has 0 fully saturated rings. The fraction of sp³-hybridized carbons (Fsp3) is 0.143. The second kappa shape index (κ2) is 6.69. The molecule has 2 rings (SSSR count). The van der Waals surface area contributed by atoms with Gasteiger partial charge in [0.2, 0.25) is 5.78 Å². The Labute approximate surface area is 139 Å². The third-order valence-electron chi connectivity index (χ3n) is 2.61. The van der Waals surface area contributed by atoms with Gasteiger partial charge in [0, 0.05) is 14.0 Å². The minimum Gasteiger partial charge on any atom is -0.469 e. The van der Waals surface area contributed by atoms with Crippen molar-refractivity contribution in [2.24, 2.45) is 0 Å². The molecular weight excluding hydrogens is 411 g/mol. The van der Waals surface area contributed by atoms with Crippen LogP contribution in [0.4, 0.5) is 0 Å². The Kier molecular flexibility index (Phi) is 5.17. The number of methoxy groups -OCH3 is 1. The Balaban J connectivity index is 2.21. The second-order valence-corrected chi connectivity index (χ2v) is 6.71. The SMILES string of the molecule is COC(=O)Cc1ccc(C(=O)c2ccc(I)c(Cl)c2)s1. The van der Waals surface area contributed by atoms with Crippen molar-refractivity contribution in [1.29, 1.82) is 0 Å². The van der Waals surface area contributed by atoms with E-state index in [2.05, 4.69) is 27.3 Å². The number of benzene rings is 1. The van der Waals surface area contributed by atoms with Crippen molar-refractivity contribution >= 4 is 57.3 Å². The minimum absolute atomic E-state index is 0.0931. The lowest BCUT2D eigenvalue weighted by molar-refractivity contribution is -0.139. The van der Waals surface area contributed by atoms with E-state index in [1.165, 1.54) is 18.4 Å². The lowest BCUT2D eigenvalue weighted by Crippen LogP contribution is -2.02. The predicted octanol–water partition coefficient (Wildman–Crippen LogP) is 3.95. The molecule has 0 amide bonds. The highest BCUT2D eigenvalue weighted by atomic mass is 127. The minimum atomic E-state index is -0.317. The fourth-order valence-corrected chi connectivity index (χ4v) is 3.06. The summed E-state index contributed by atoms with van der Waals surface area (Å²) in [6.45, 7) is 0. The van der Waals surface area contributed by atoms with Gasteiger partial charge in [-0.1, -0.05) is 11.6 Å². The van der Waals surface area contributed by atoms with E-state index in [4.69, 9.17) is 11.6 Å². The van der Waals surface area contributed by atoms with E-state index in [-0.39, 0.29) is 18.2 Å². The highest BCUT2D eigenvalue weighted by Crippen LogP contribution is 2.24. The molecule has 104 valence electrons. The van der Waals surface area contributed by atoms with Crippen molar-refractivity contribution in [3.63, 3.8) is 0 Å². The van der Waals surface area contributed by atoms with Crippen LogP contribution in [-0.2, 0) is 16.0 Å². The molecule has 0 bridgehead atoms. The highest BCUT2D eigenvalue weighted by molar-refractivity contribution is 14.1. The first-order valence-corrected chi connectivity index (χ1v) is 7.94. The summed E-state index contributed by atoms with van der Waals surface area (Å²) in [4.78, 5) is 24.9. The molecule has 0 N–H and O–H groups in total. The van der Waals surface area contributed by atoms with E-state index in [0.29, 0.717) is 15.5 Å². The molecule has 3 nitrogen and oxygen atoms in total. The number of halogens is 2. The molecule has 0 saturated heterocycles. The zero-order valence-corrected chi connectivity index (χ0v) is 14.2. The van der Waals surface area contributed by atoms with E-state index in [0.717, 1.165) is 8.45 Å². The van der Waals surface area contributed by atoms with Crippen LogP contribution >= 0.6 is 45.5 Å². The van der Waals surface area contributed by atoms with Gasteiger partial charge < -0.3 is 4.74 Å². The van der Waals surface area contributed by atoms with Crippen molar-refractivity contribution in [2.45, 2.75) is 6.42 Å². The second-order valence-electron chi connectivity index (χ2n) is 3.98. The maximum absolute atomic E-state index is 12.3. The van der Waals surface area contributed by atoms with Crippen molar-refractivity contribution in [3.8, 4) is 0 Å². The van der Waals surface area contributed by atoms with E-state index in [9.17, 15) is 9.59 Å². The Hall–Kier alpha value is -0.920. The Bertz CT molecular complexity index is 666. The molecule has 0 aliphatic heterocycles. The lowest BCUT2D eigenvalue weighted by atomic mass is 10.1. The van der Waals surface area contributed by atoms with E-state index in [1.807, 2.05) is 0 Å². The van der Waals surface area contributed by atoms with Crippen molar-refractivity contribution < 1.29 is 14.3 Å². The van der Waals surface area contributed by atoms with Crippen LogP contribution < -0.4 is 0 Å². The van der Waals surface area contributed by atoms with Gasteiger partial charge in [0.25, 0.3) is 0 Å². The molecule has 0 aliphatic carbocycles. The number of ketones is 1. The number of hydrogen-bond donors (Lipinski definition) is 0. The van der Waals surface area contributed by atoms with Crippen LogP contribution in [0.1, 0.15) is 20.1 Å². The number of hydrogen-bond acceptors (Lipinski definition) is 4. The summed E-state index contributed by atoms with van der Waals surface area (Å²) in [5.74, 6) is -0.410. The third kappa shape index (κ3) is 3.59. The van der Waals surface area contributed by atoms with Gasteiger partial charge in [-0.2, -0.15) is 0 Å². The summed E-state index contributed by atoms with van der Waals surface area (Å²) < 4.78 is 5.50. The van der Waals surface area contributed by atoms with Crippen molar-refractivity contribution in [2.75, 3.05) is 7.11 Å². The Morgan fingerprint density at radius 2 is 2.05 bits per heavy atom. The van der Waals surface area contributed by atoms with Crippen LogP contribution in [0.3, 0.4) is 0 Å². The van der Waals surface area contributed by atoms with Gasteiger partial charge in [0.05, 0.1) is 23.4 Å². The average molecular weight is 421 g/mol. The van der Waals surface area contributed by atoms with Gasteiger partial charge in [-0.3, -0.25) is 9.59 Å². The zero-order valence-electron chi connectivity index (χ0n) is 10.5. The van der Waals surface area contributed by atoms with E-state index in [1.54, 1.807) is 30.3 Å². The third-order valence-corrected chi connectivity index (χ3v) is 5.27. The molecule has 0 radical (unpaired) electrons. The first-order chi connectivity index (χ1) is 9.51. The van der Waals surface area contributed by atoms with E-state index >= 15 is 0 Å². The lowest BCUT2D eigenvalue weighted by Gasteiger charge is -2.01. The number of ether oxygens (including phenoxy) is 1. The normalized spacial score (nSPS) is 10.3. The first-order valence-electron chi connectivity index (χ1n) is 5.66. The molecular formula is C14H10ClIO3S. The monoisotopic (exact) mass is 420 g/mol. The molecule has 0 atom stereocenters. The molecule has 1 aromatic carbocycles. The van der Waals surface area contributed by atoms with Gasteiger partial charge in [-0.05, 0) is 52.9 Å². The quantitative estimate of drug-likeness (QED) is 0.427. The van der Waals surface area contributed by atoms with Crippen LogP contribution in [0.25, 0.3) is 0 Å². The number of carbonyl (C=O) groups excluding carboxylic acids is 2. The topological polar surface area (TPSA) is 43.4 Å². The smallest absolute Gasteiger partial charge is 0.310 e. The fourth-order valence-electron chi connectivity index (χ4n) is 1.59. The molecule has 6 heteroatoms. The largest absolute Gasteiger partial charge is 0.469 e. The van der Waals surface area contributed by atoms with Gasteiger partial charge in [0.15, 0.2) is 0 Å². The molecule has 0 unspecified atom stereocenters. The number of carbonyl (C=O) groups is 2. The van der Waals surface area contributed by atoms with Gasteiger partial charge in [-0.15, -0.1) is 11.3 Å². The number of thiophene rings is 1. The number of rotatable bonds is 4. The summed E-state index contributed by atoms with van der Waals surface area (Å²) in [7, 11) is 1.34. The van der Waals surface area contributed by atoms with Crippen LogP contribution in [0.15, 0.2) is 30.3 Å². The van der Waals surface area contributed by atoms with Crippen molar-refractivity contribution in [3.05, 3.63) is 54.2 Å². The van der Waals surface area contributed by atoms with Crippen molar-refractivity contribution in [1.82, 2.24) is 0 Å². The maximum atomic E-state index is 12.3.